The molecule has 0 radical (unpaired) electrons. The number of rotatable bonds is 5. The molecule has 0 fully saturated rings. The number of anilines is 1. The zero-order valence-corrected chi connectivity index (χ0v) is 9.75. The SMILES string of the molecule is CCOC(=O)CN(C)c1ccccc1[N+](=O)[O-]. The monoisotopic (exact) mass is 238 g/mol. The lowest BCUT2D eigenvalue weighted by atomic mass is 10.2. The third-order valence-corrected chi connectivity index (χ3v) is 2.16. The highest BCUT2D eigenvalue weighted by Crippen LogP contribution is 2.26. The molecule has 0 heterocycles. The Labute approximate surface area is 98.9 Å². The first-order valence-electron chi connectivity index (χ1n) is 5.16. The summed E-state index contributed by atoms with van der Waals surface area (Å²) < 4.78 is 4.78. The first kappa shape index (κ1) is 13.0. The van der Waals surface area contributed by atoms with Crippen molar-refractivity contribution in [2.45, 2.75) is 6.92 Å². The molecule has 0 saturated heterocycles. The lowest BCUT2D eigenvalue weighted by Crippen LogP contribution is -2.27. The summed E-state index contributed by atoms with van der Waals surface area (Å²) in [5.41, 5.74) is 0.366. The predicted molar refractivity (Wildman–Crippen MR) is 63.0 cm³/mol. The fourth-order valence-corrected chi connectivity index (χ4v) is 1.43. The van der Waals surface area contributed by atoms with Crippen LogP contribution in [0.4, 0.5) is 11.4 Å². The number of carbonyl (C=O) groups excluding carboxylic acids is 1. The van der Waals surface area contributed by atoms with Gasteiger partial charge in [-0.25, -0.2) is 0 Å². The second-order valence-electron chi connectivity index (χ2n) is 3.41. The van der Waals surface area contributed by atoms with Crippen molar-refractivity contribution in [3.8, 4) is 0 Å². The van der Waals surface area contributed by atoms with Gasteiger partial charge < -0.3 is 9.64 Å². The van der Waals surface area contributed by atoms with Crippen molar-refractivity contribution in [1.29, 1.82) is 0 Å². The Kier molecular flexibility index (Phi) is 4.45. The van der Waals surface area contributed by atoms with Crippen LogP contribution in [0, 0.1) is 10.1 Å². The molecule has 0 aliphatic heterocycles. The molecule has 0 bridgehead atoms. The molecule has 0 aliphatic rings. The molecule has 17 heavy (non-hydrogen) atoms. The summed E-state index contributed by atoms with van der Waals surface area (Å²) in [5, 5.41) is 10.8. The average Bonchev–Trinajstić information content (AvgIpc) is 2.29. The Morgan fingerprint density at radius 3 is 2.71 bits per heavy atom. The van der Waals surface area contributed by atoms with Crippen molar-refractivity contribution in [1.82, 2.24) is 0 Å². The van der Waals surface area contributed by atoms with E-state index in [0.717, 1.165) is 0 Å². The van der Waals surface area contributed by atoms with Gasteiger partial charge in [-0.15, -0.1) is 0 Å². The van der Waals surface area contributed by atoms with Gasteiger partial charge in [-0.2, -0.15) is 0 Å². The number of likely N-dealkylation sites (N-methyl/N-ethyl adjacent to an activating group) is 1. The lowest BCUT2D eigenvalue weighted by molar-refractivity contribution is -0.384. The molecule has 0 amide bonds. The van der Waals surface area contributed by atoms with E-state index in [9.17, 15) is 14.9 Å². The Balaban J connectivity index is 2.85. The highest BCUT2D eigenvalue weighted by Gasteiger charge is 2.17. The molecule has 0 aliphatic carbocycles. The number of benzene rings is 1. The summed E-state index contributed by atoms with van der Waals surface area (Å²) in [6.07, 6.45) is 0. The molecule has 1 aromatic rings. The van der Waals surface area contributed by atoms with Gasteiger partial charge in [0.2, 0.25) is 0 Å². The Morgan fingerprint density at radius 1 is 1.47 bits per heavy atom. The van der Waals surface area contributed by atoms with Crippen LogP contribution in [0.1, 0.15) is 6.92 Å². The highest BCUT2D eigenvalue weighted by atomic mass is 16.6. The van der Waals surface area contributed by atoms with Crippen molar-refractivity contribution >= 4 is 17.3 Å². The van der Waals surface area contributed by atoms with E-state index in [1.165, 1.54) is 11.0 Å². The van der Waals surface area contributed by atoms with E-state index < -0.39 is 10.9 Å². The summed E-state index contributed by atoms with van der Waals surface area (Å²) in [6, 6.07) is 6.26. The van der Waals surface area contributed by atoms with Crippen molar-refractivity contribution in [2.75, 3.05) is 25.1 Å². The molecule has 0 atom stereocenters. The van der Waals surface area contributed by atoms with Crippen LogP contribution in [-0.4, -0.2) is 31.1 Å². The molecule has 6 nitrogen and oxygen atoms in total. The molecule has 0 N–H and O–H groups in total. The van der Waals surface area contributed by atoms with Gasteiger partial charge in [-0.3, -0.25) is 14.9 Å². The van der Waals surface area contributed by atoms with Crippen LogP contribution in [0.25, 0.3) is 0 Å². The van der Waals surface area contributed by atoms with Crippen LogP contribution >= 0.6 is 0 Å². The number of hydrogen-bond donors (Lipinski definition) is 0. The first-order chi connectivity index (χ1) is 8.06. The number of nitro benzene ring substituents is 1. The number of ether oxygens (including phenoxy) is 1. The molecule has 1 aromatic carbocycles. The van der Waals surface area contributed by atoms with Gasteiger partial charge in [-0.1, -0.05) is 12.1 Å². The molecule has 6 heteroatoms. The molecule has 0 aromatic heterocycles. The van der Waals surface area contributed by atoms with E-state index in [-0.39, 0.29) is 12.2 Å². The van der Waals surface area contributed by atoms with E-state index >= 15 is 0 Å². The number of carbonyl (C=O) groups is 1. The van der Waals surface area contributed by atoms with Gasteiger partial charge in [0, 0.05) is 13.1 Å². The number of hydrogen-bond acceptors (Lipinski definition) is 5. The van der Waals surface area contributed by atoms with Crippen LogP contribution in [0.2, 0.25) is 0 Å². The van der Waals surface area contributed by atoms with Gasteiger partial charge in [0.15, 0.2) is 0 Å². The Hall–Kier alpha value is -2.11. The Bertz CT molecular complexity index is 420. The zero-order chi connectivity index (χ0) is 12.8. The van der Waals surface area contributed by atoms with Crippen molar-refractivity contribution in [2.24, 2.45) is 0 Å². The molecule has 0 saturated carbocycles. The highest BCUT2D eigenvalue weighted by molar-refractivity contribution is 5.77. The van der Waals surface area contributed by atoms with Crippen molar-refractivity contribution in [3.63, 3.8) is 0 Å². The van der Waals surface area contributed by atoms with E-state index in [0.29, 0.717) is 12.3 Å². The van der Waals surface area contributed by atoms with Crippen LogP contribution in [-0.2, 0) is 9.53 Å². The third kappa shape index (κ3) is 3.44. The number of para-hydroxylation sites is 2. The fourth-order valence-electron chi connectivity index (χ4n) is 1.43. The molecule has 0 unspecified atom stereocenters. The summed E-state index contributed by atoms with van der Waals surface area (Å²) in [4.78, 5) is 23.1. The molecular formula is C11H14N2O4. The topological polar surface area (TPSA) is 72.7 Å². The fraction of sp³-hybridized carbons (Fsp3) is 0.364. The van der Waals surface area contributed by atoms with Crippen LogP contribution in [0.5, 0.6) is 0 Å². The maximum Gasteiger partial charge on any atom is 0.325 e. The van der Waals surface area contributed by atoms with Gasteiger partial charge in [0.1, 0.15) is 12.2 Å². The molecule has 0 spiro atoms. The Morgan fingerprint density at radius 2 is 2.12 bits per heavy atom. The quantitative estimate of drug-likeness (QED) is 0.442. The van der Waals surface area contributed by atoms with Gasteiger partial charge in [-0.05, 0) is 13.0 Å². The second-order valence-corrected chi connectivity index (χ2v) is 3.41. The maximum atomic E-state index is 11.3. The maximum absolute atomic E-state index is 11.3. The summed E-state index contributed by atoms with van der Waals surface area (Å²) in [7, 11) is 1.61. The smallest absolute Gasteiger partial charge is 0.325 e. The number of nitrogens with zero attached hydrogens (tertiary/aromatic N) is 2. The second kappa shape index (κ2) is 5.83. The first-order valence-corrected chi connectivity index (χ1v) is 5.16. The minimum atomic E-state index is -0.475. The largest absolute Gasteiger partial charge is 0.465 e. The van der Waals surface area contributed by atoms with E-state index in [1.54, 1.807) is 32.2 Å². The molecular weight excluding hydrogens is 224 g/mol. The zero-order valence-electron chi connectivity index (χ0n) is 9.75. The van der Waals surface area contributed by atoms with E-state index in [4.69, 9.17) is 4.74 Å². The van der Waals surface area contributed by atoms with Crippen molar-refractivity contribution in [3.05, 3.63) is 34.4 Å². The van der Waals surface area contributed by atoms with Crippen LogP contribution in [0.3, 0.4) is 0 Å². The van der Waals surface area contributed by atoms with Gasteiger partial charge in [0.05, 0.1) is 11.5 Å². The number of esters is 1. The van der Waals surface area contributed by atoms with Gasteiger partial charge >= 0.3 is 5.97 Å². The predicted octanol–water partition coefficient (Wildman–Crippen LogP) is 1.59. The molecule has 92 valence electrons. The normalized spacial score (nSPS) is 9.76. The van der Waals surface area contributed by atoms with Crippen LogP contribution in [0.15, 0.2) is 24.3 Å². The minimum absolute atomic E-state index is 0.0152. The lowest BCUT2D eigenvalue weighted by Gasteiger charge is -2.17. The minimum Gasteiger partial charge on any atom is -0.465 e. The molecule has 1 rings (SSSR count). The number of nitro groups is 1. The summed E-state index contributed by atoms with van der Waals surface area (Å²) in [6.45, 7) is 1.99. The van der Waals surface area contributed by atoms with Gasteiger partial charge in [0.25, 0.3) is 5.69 Å². The third-order valence-electron chi connectivity index (χ3n) is 2.16. The van der Waals surface area contributed by atoms with E-state index in [1.807, 2.05) is 0 Å². The standard InChI is InChI=1S/C11H14N2O4/c1-3-17-11(14)8-12(2)9-6-4-5-7-10(9)13(15)16/h4-7H,3,8H2,1-2H3. The summed E-state index contributed by atoms with van der Waals surface area (Å²) >= 11 is 0. The van der Waals surface area contributed by atoms with E-state index in [2.05, 4.69) is 0 Å². The average molecular weight is 238 g/mol. The summed E-state index contributed by atoms with van der Waals surface area (Å²) in [5.74, 6) is -0.409. The van der Waals surface area contributed by atoms with Crippen molar-refractivity contribution < 1.29 is 14.5 Å². The van der Waals surface area contributed by atoms with Crippen LogP contribution < -0.4 is 4.90 Å².